The first kappa shape index (κ1) is 19.6. The third-order valence-electron chi connectivity index (χ3n) is 3.76. The molecule has 1 aliphatic heterocycles. The van der Waals surface area contributed by atoms with Crippen LogP contribution in [0.3, 0.4) is 0 Å². The zero-order valence-corrected chi connectivity index (χ0v) is 15.9. The van der Waals surface area contributed by atoms with Gasteiger partial charge in [0.1, 0.15) is 21.4 Å². The number of carboxylic acid groups (broad SMARTS) is 1. The Bertz CT molecular complexity index is 984. The number of phenols is 1. The summed E-state index contributed by atoms with van der Waals surface area (Å²) in [5, 5.41) is 21.0. The van der Waals surface area contributed by atoms with Crippen molar-refractivity contribution >= 4 is 57.8 Å². The van der Waals surface area contributed by atoms with Gasteiger partial charge >= 0.3 is 5.97 Å². The van der Waals surface area contributed by atoms with E-state index in [0.29, 0.717) is 15.0 Å². The maximum absolute atomic E-state index is 12.5. The second-order valence-corrected chi connectivity index (χ2v) is 7.36. The molecular weight excluding hydrogens is 404 g/mol. The molecule has 0 aliphatic carbocycles. The van der Waals surface area contributed by atoms with Crippen LogP contribution in [0.2, 0.25) is 0 Å². The number of thioether (sulfide) groups is 1. The summed E-state index contributed by atoms with van der Waals surface area (Å²) in [4.78, 5) is 37.4. The number of carboxylic acids is 1. The molecule has 8 nitrogen and oxygen atoms in total. The van der Waals surface area contributed by atoms with Crippen LogP contribution in [0, 0.1) is 0 Å². The quantitative estimate of drug-likeness (QED) is 0.372. The lowest BCUT2D eigenvalue weighted by molar-refractivity contribution is -0.122. The number of hydrogen-bond acceptors (Lipinski definition) is 7. The molecule has 1 aromatic heterocycles. The van der Waals surface area contributed by atoms with E-state index in [1.807, 2.05) is 0 Å². The van der Waals surface area contributed by atoms with Gasteiger partial charge in [0.25, 0.3) is 5.91 Å². The lowest BCUT2D eigenvalue weighted by Crippen LogP contribution is -2.31. The van der Waals surface area contributed by atoms with E-state index >= 15 is 0 Å². The highest BCUT2D eigenvalue weighted by Gasteiger charge is 2.32. The third-order valence-corrected chi connectivity index (χ3v) is 5.14. The fourth-order valence-electron chi connectivity index (χ4n) is 2.42. The first-order chi connectivity index (χ1) is 13.3. The Kier molecular flexibility index (Phi) is 5.81. The number of anilines is 1. The summed E-state index contributed by atoms with van der Waals surface area (Å²) in [6.07, 6.45) is 3.04. The summed E-state index contributed by atoms with van der Waals surface area (Å²) in [6, 6.07) is 7.13. The minimum Gasteiger partial charge on any atom is -0.507 e. The van der Waals surface area contributed by atoms with Crippen LogP contribution in [0.5, 0.6) is 5.75 Å². The fraction of sp³-hybridized carbons (Fsp3) is 0.111. The maximum atomic E-state index is 12.5. The number of hydrogen-bond donors (Lipinski definition) is 3. The summed E-state index contributed by atoms with van der Waals surface area (Å²) < 4.78 is 5.53. The van der Waals surface area contributed by atoms with E-state index in [2.05, 4.69) is 5.32 Å². The van der Waals surface area contributed by atoms with Gasteiger partial charge in [-0.1, -0.05) is 24.0 Å². The number of nitrogens with one attached hydrogen (secondary N) is 1. The predicted molar refractivity (Wildman–Crippen MR) is 107 cm³/mol. The first-order valence-electron chi connectivity index (χ1n) is 8.00. The Morgan fingerprint density at radius 1 is 1.32 bits per heavy atom. The minimum absolute atomic E-state index is 0.0379. The number of amides is 2. The van der Waals surface area contributed by atoms with E-state index in [9.17, 15) is 19.5 Å². The van der Waals surface area contributed by atoms with Gasteiger partial charge in [0.2, 0.25) is 5.91 Å². The van der Waals surface area contributed by atoms with Gasteiger partial charge in [-0.2, -0.15) is 0 Å². The second-order valence-electron chi connectivity index (χ2n) is 5.68. The predicted octanol–water partition coefficient (Wildman–Crippen LogP) is 2.91. The molecule has 3 N–H and O–H groups in total. The average molecular weight is 418 g/mol. The van der Waals surface area contributed by atoms with E-state index in [-0.39, 0.29) is 30.1 Å². The summed E-state index contributed by atoms with van der Waals surface area (Å²) in [5.41, 5.74) is -0.0962. The average Bonchev–Trinajstić information content (AvgIpc) is 3.24. The molecular formula is C18H14N2O6S2. The molecule has 0 atom stereocenters. The van der Waals surface area contributed by atoms with Crippen molar-refractivity contribution in [2.75, 3.05) is 11.9 Å². The highest BCUT2D eigenvalue weighted by atomic mass is 32.2. The van der Waals surface area contributed by atoms with Gasteiger partial charge in [0.15, 0.2) is 0 Å². The van der Waals surface area contributed by atoms with Gasteiger partial charge in [-0.05, 0) is 30.3 Å². The van der Waals surface area contributed by atoms with Crippen molar-refractivity contribution in [3.63, 3.8) is 0 Å². The number of rotatable bonds is 6. The summed E-state index contributed by atoms with van der Waals surface area (Å²) in [6.45, 7) is 0.0792. The minimum atomic E-state index is -1.31. The molecule has 0 radical (unpaired) electrons. The zero-order chi connectivity index (χ0) is 20.3. The van der Waals surface area contributed by atoms with Crippen LogP contribution in [0.4, 0.5) is 5.69 Å². The third kappa shape index (κ3) is 4.41. The molecule has 2 aromatic rings. The Hall–Kier alpha value is -3.11. The topological polar surface area (TPSA) is 120 Å². The van der Waals surface area contributed by atoms with Gasteiger partial charge < -0.3 is 19.9 Å². The summed E-state index contributed by atoms with van der Waals surface area (Å²) in [7, 11) is 0. The molecule has 1 aromatic carbocycles. The summed E-state index contributed by atoms with van der Waals surface area (Å²) >= 11 is 6.33. The van der Waals surface area contributed by atoms with Crippen molar-refractivity contribution in [1.29, 1.82) is 0 Å². The highest BCUT2D eigenvalue weighted by Crippen LogP contribution is 2.32. The largest absolute Gasteiger partial charge is 0.507 e. The molecule has 0 spiro atoms. The smallest absolute Gasteiger partial charge is 0.339 e. The number of aromatic hydroxyl groups is 1. The van der Waals surface area contributed by atoms with Crippen molar-refractivity contribution in [3.05, 3.63) is 52.8 Å². The van der Waals surface area contributed by atoms with Crippen molar-refractivity contribution in [2.45, 2.75) is 6.42 Å². The number of thiocarbonyl (C=S) groups is 1. The maximum Gasteiger partial charge on any atom is 0.339 e. The number of aromatic carboxylic acids is 1. The van der Waals surface area contributed by atoms with E-state index in [1.165, 1.54) is 23.3 Å². The van der Waals surface area contributed by atoms with Crippen molar-refractivity contribution in [1.82, 2.24) is 4.90 Å². The van der Waals surface area contributed by atoms with Gasteiger partial charge in [0, 0.05) is 24.7 Å². The van der Waals surface area contributed by atoms with Crippen molar-refractivity contribution in [2.24, 2.45) is 0 Å². The van der Waals surface area contributed by atoms with Crippen LogP contribution in [0.1, 0.15) is 22.5 Å². The molecule has 2 amide bonds. The van der Waals surface area contributed by atoms with Crippen LogP contribution < -0.4 is 5.32 Å². The second kappa shape index (κ2) is 8.28. The molecule has 1 fully saturated rings. The molecule has 10 heteroatoms. The molecule has 1 saturated heterocycles. The van der Waals surface area contributed by atoms with Crippen LogP contribution in [-0.2, 0) is 9.59 Å². The van der Waals surface area contributed by atoms with E-state index < -0.39 is 17.6 Å². The van der Waals surface area contributed by atoms with Crippen LogP contribution in [-0.4, -0.2) is 43.8 Å². The molecule has 0 bridgehead atoms. The Morgan fingerprint density at radius 2 is 2.11 bits per heavy atom. The van der Waals surface area contributed by atoms with Crippen LogP contribution in [0.25, 0.3) is 6.08 Å². The lowest BCUT2D eigenvalue weighted by atomic mass is 10.1. The van der Waals surface area contributed by atoms with Crippen molar-refractivity contribution < 1.29 is 29.0 Å². The normalized spacial score (nSPS) is 15.3. The Morgan fingerprint density at radius 3 is 2.79 bits per heavy atom. The fourth-order valence-corrected chi connectivity index (χ4v) is 3.71. The number of benzene rings is 1. The van der Waals surface area contributed by atoms with Gasteiger partial charge in [-0.3, -0.25) is 14.5 Å². The molecule has 28 heavy (non-hydrogen) atoms. The standard InChI is InChI=1S/C18H14N2O6S2/c21-13-4-3-10(8-12(13)17(24)25)19-15(22)5-6-20-16(23)14(28-18(20)27)9-11-2-1-7-26-11/h1-4,7-9,21H,5-6H2,(H,19,22)(H,24,25). The monoisotopic (exact) mass is 418 g/mol. The molecule has 0 saturated carbocycles. The van der Waals surface area contributed by atoms with Gasteiger partial charge in [0.05, 0.1) is 11.2 Å². The van der Waals surface area contributed by atoms with E-state index in [1.54, 1.807) is 18.2 Å². The molecule has 144 valence electrons. The number of carbonyl (C=O) groups is 3. The Balaban J connectivity index is 1.60. The van der Waals surface area contributed by atoms with Crippen LogP contribution in [0.15, 0.2) is 45.9 Å². The zero-order valence-electron chi connectivity index (χ0n) is 14.2. The number of carbonyl (C=O) groups excluding carboxylic acids is 2. The SMILES string of the molecule is O=C(CCN1C(=O)C(=Cc2ccco2)SC1=S)Nc1ccc(O)c(C(=O)O)c1. The summed E-state index contributed by atoms with van der Waals surface area (Å²) in [5.74, 6) is -1.91. The lowest BCUT2D eigenvalue weighted by Gasteiger charge is -2.14. The first-order valence-corrected chi connectivity index (χ1v) is 9.22. The van der Waals surface area contributed by atoms with Gasteiger partial charge in [-0.25, -0.2) is 4.79 Å². The van der Waals surface area contributed by atoms with E-state index in [0.717, 1.165) is 17.8 Å². The molecule has 3 rings (SSSR count). The number of furan rings is 1. The molecule has 2 heterocycles. The van der Waals surface area contributed by atoms with Crippen LogP contribution >= 0.6 is 24.0 Å². The highest BCUT2D eigenvalue weighted by molar-refractivity contribution is 8.26. The van der Waals surface area contributed by atoms with Crippen molar-refractivity contribution in [3.8, 4) is 5.75 Å². The number of nitrogens with zero attached hydrogens (tertiary/aromatic N) is 1. The Labute approximate surface area is 168 Å². The molecule has 1 aliphatic rings. The van der Waals surface area contributed by atoms with E-state index in [4.69, 9.17) is 21.7 Å². The molecule has 0 unspecified atom stereocenters. The van der Waals surface area contributed by atoms with Gasteiger partial charge in [-0.15, -0.1) is 0 Å².